The van der Waals surface area contributed by atoms with Crippen LogP contribution in [0.5, 0.6) is 0 Å². The van der Waals surface area contributed by atoms with Gasteiger partial charge in [0.2, 0.25) is 0 Å². The summed E-state index contributed by atoms with van der Waals surface area (Å²) in [6.45, 7) is 1.71. The molecule has 5 heteroatoms. The molecule has 1 aromatic heterocycles. The van der Waals surface area contributed by atoms with Crippen LogP contribution >= 0.6 is 23.5 Å². The first-order chi connectivity index (χ1) is 7.83. The number of amides is 1. The highest BCUT2D eigenvalue weighted by Gasteiger charge is 2.20. The molecule has 2 rings (SSSR count). The van der Waals surface area contributed by atoms with Crippen LogP contribution in [0.25, 0.3) is 0 Å². The Morgan fingerprint density at radius 2 is 2.25 bits per heavy atom. The minimum atomic E-state index is 0.123. The van der Waals surface area contributed by atoms with Gasteiger partial charge in [-0.15, -0.1) is 11.8 Å². The summed E-state index contributed by atoms with van der Waals surface area (Å²) in [4.78, 5) is 18.4. The number of nitrogens with zero attached hydrogens (tertiary/aromatic N) is 2. The van der Waals surface area contributed by atoms with E-state index in [-0.39, 0.29) is 5.91 Å². The number of thioether (sulfide) groups is 2. The van der Waals surface area contributed by atoms with E-state index in [1.165, 1.54) is 11.8 Å². The molecule has 0 aromatic carbocycles. The van der Waals surface area contributed by atoms with Crippen LogP contribution in [-0.4, -0.2) is 46.6 Å². The number of rotatable bonds is 2. The van der Waals surface area contributed by atoms with Gasteiger partial charge in [-0.25, -0.2) is 4.98 Å². The fourth-order valence-electron chi connectivity index (χ4n) is 1.65. The van der Waals surface area contributed by atoms with Crippen LogP contribution in [0.1, 0.15) is 10.4 Å². The van der Waals surface area contributed by atoms with E-state index in [1.807, 2.05) is 35.1 Å². The van der Waals surface area contributed by atoms with Crippen molar-refractivity contribution in [1.29, 1.82) is 0 Å². The number of pyridine rings is 1. The van der Waals surface area contributed by atoms with Crippen molar-refractivity contribution in [2.24, 2.45) is 0 Å². The minimum absolute atomic E-state index is 0.123. The van der Waals surface area contributed by atoms with Gasteiger partial charge < -0.3 is 4.90 Å². The summed E-state index contributed by atoms with van der Waals surface area (Å²) in [6, 6.07) is 3.69. The number of hydrogen-bond donors (Lipinski definition) is 0. The molecule has 0 unspecified atom stereocenters. The van der Waals surface area contributed by atoms with Crippen LogP contribution in [-0.2, 0) is 0 Å². The minimum Gasteiger partial charge on any atom is -0.337 e. The molecule has 1 aliphatic rings. The summed E-state index contributed by atoms with van der Waals surface area (Å²) < 4.78 is 0. The Hall–Kier alpha value is -0.680. The van der Waals surface area contributed by atoms with Crippen molar-refractivity contribution in [2.75, 3.05) is 30.9 Å². The molecule has 1 aromatic rings. The van der Waals surface area contributed by atoms with Gasteiger partial charge in [0.1, 0.15) is 5.03 Å². The molecule has 1 fully saturated rings. The molecule has 0 saturated carbocycles. The average Bonchev–Trinajstić information content (AvgIpc) is 2.39. The monoisotopic (exact) mass is 254 g/mol. The van der Waals surface area contributed by atoms with Gasteiger partial charge in [0.15, 0.2) is 0 Å². The predicted octanol–water partition coefficient (Wildman–Crippen LogP) is 1.99. The molecule has 0 atom stereocenters. The number of aromatic nitrogens is 1. The largest absolute Gasteiger partial charge is 0.337 e. The zero-order chi connectivity index (χ0) is 11.4. The van der Waals surface area contributed by atoms with Gasteiger partial charge in [0, 0.05) is 30.8 Å². The predicted molar refractivity (Wildman–Crippen MR) is 69.2 cm³/mol. The average molecular weight is 254 g/mol. The van der Waals surface area contributed by atoms with Gasteiger partial charge in [-0.3, -0.25) is 4.79 Å². The Kier molecular flexibility index (Phi) is 4.12. The van der Waals surface area contributed by atoms with E-state index in [2.05, 4.69) is 4.98 Å². The summed E-state index contributed by atoms with van der Waals surface area (Å²) in [5.74, 6) is 2.21. The van der Waals surface area contributed by atoms with Crippen LogP contribution in [0.15, 0.2) is 23.4 Å². The highest BCUT2D eigenvalue weighted by Crippen LogP contribution is 2.20. The fourth-order valence-corrected chi connectivity index (χ4v) is 3.10. The van der Waals surface area contributed by atoms with Gasteiger partial charge in [-0.1, -0.05) is 0 Å². The van der Waals surface area contributed by atoms with Crippen molar-refractivity contribution in [3.05, 3.63) is 23.9 Å². The second kappa shape index (κ2) is 5.59. The first kappa shape index (κ1) is 11.8. The SMILES string of the molecule is CSc1ncccc1C(=O)N1CCSCC1. The molecule has 0 bridgehead atoms. The molecule has 0 radical (unpaired) electrons. The van der Waals surface area contributed by atoms with Crippen molar-refractivity contribution in [2.45, 2.75) is 5.03 Å². The number of carbonyl (C=O) groups excluding carboxylic acids is 1. The van der Waals surface area contributed by atoms with Gasteiger partial charge in [0.25, 0.3) is 5.91 Å². The first-order valence-electron chi connectivity index (χ1n) is 5.19. The Morgan fingerprint density at radius 3 is 2.94 bits per heavy atom. The zero-order valence-corrected chi connectivity index (χ0v) is 10.8. The van der Waals surface area contributed by atoms with Gasteiger partial charge in [-0.05, 0) is 18.4 Å². The molecule has 1 aliphatic heterocycles. The van der Waals surface area contributed by atoms with E-state index >= 15 is 0 Å². The highest BCUT2D eigenvalue weighted by molar-refractivity contribution is 7.99. The van der Waals surface area contributed by atoms with Crippen molar-refractivity contribution in [3.63, 3.8) is 0 Å². The lowest BCUT2D eigenvalue weighted by Gasteiger charge is -2.26. The van der Waals surface area contributed by atoms with Crippen molar-refractivity contribution >= 4 is 29.4 Å². The smallest absolute Gasteiger partial charge is 0.256 e. The summed E-state index contributed by atoms with van der Waals surface area (Å²) in [5, 5.41) is 0.825. The summed E-state index contributed by atoms with van der Waals surface area (Å²) in [6.07, 6.45) is 3.68. The van der Waals surface area contributed by atoms with Gasteiger partial charge >= 0.3 is 0 Å². The Bertz CT molecular complexity index is 378. The lowest BCUT2D eigenvalue weighted by Crippen LogP contribution is -2.38. The van der Waals surface area contributed by atoms with Crippen LogP contribution in [0, 0.1) is 0 Å². The van der Waals surface area contributed by atoms with Crippen molar-refractivity contribution in [3.8, 4) is 0 Å². The van der Waals surface area contributed by atoms with Crippen LogP contribution in [0.3, 0.4) is 0 Å². The standard InChI is InChI=1S/C11H14N2OS2/c1-15-10-9(3-2-4-12-10)11(14)13-5-7-16-8-6-13/h2-4H,5-8H2,1H3. The molecule has 0 N–H and O–H groups in total. The highest BCUT2D eigenvalue weighted by atomic mass is 32.2. The Morgan fingerprint density at radius 1 is 1.50 bits per heavy atom. The second-order valence-corrected chi connectivity index (χ2v) is 5.48. The molecule has 2 heterocycles. The fraction of sp³-hybridized carbons (Fsp3) is 0.455. The van der Waals surface area contributed by atoms with E-state index in [0.717, 1.165) is 35.2 Å². The molecule has 1 saturated heterocycles. The third kappa shape index (κ3) is 2.52. The molecule has 1 amide bonds. The first-order valence-corrected chi connectivity index (χ1v) is 7.57. The van der Waals surface area contributed by atoms with E-state index in [9.17, 15) is 4.79 Å². The Labute approximate surface area is 104 Å². The molecule has 3 nitrogen and oxygen atoms in total. The third-order valence-corrected chi connectivity index (χ3v) is 4.15. The van der Waals surface area contributed by atoms with Gasteiger partial charge in [-0.2, -0.15) is 11.8 Å². The van der Waals surface area contributed by atoms with Crippen LogP contribution in [0.2, 0.25) is 0 Å². The van der Waals surface area contributed by atoms with Crippen LogP contribution < -0.4 is 0 Å². The molecule has 86 valence electrons. The van der Waals surface area contributed by atoms with E-state index in [1.54, 1.807) is 6.20 Å². The molecular formula is C11H14N2OS2. The zero-order valence-electron chi connectivity index (χ0n) is 9.18. The molecule has 0 spiro atoms. The lowest BCUT2D eigenvalue weighted by molar-refractivity contribution is 0.0768. The number of carbonyl (C=O) groups is 1. The molecule has 16 heavy (non-hydrogen) atoms. The molecular weight excluding hydrogens is 240 g/mol. The van der Waals surface area contributed by atoms with Crippen molar-refractivity contribution < 1.29 is 4.79 Å². The summed E-state index contributed by atoms with van der Waals surface area (Å²) in [7, 11) is 0. The third-order valence-electron chi connectivity index (χ3n) is 2.49. The Balaban J connectivity index is 2.19. The quantitative estimate of drug-likeness (QED) is 0.756. The van der Waals surface area contributed by atoms with Crippen molar-refractivity contribution in [1.82, 2.24) is 9.88 Å². The van der Waals surface area contributed by atoms with E-state index in [4.69, 9.17) is 0 Å². The van der Waals surface area contributed by atoms with E-state index < -0.39 is 0 Å². The molecule has 0 aliphatic carbocycles. The van der Waals surface area contributed by atoms with Crippen LogP contribution in [0.4, 0.5) is 0 Å². The second-order valence-electron chi connectivity index (χ2n) is 3.46. The topological polar surface area (TPSA) is 33.2 Å². The summed E-state index contributed by atoms with van der Waals surface area (Å²) >= 11 is 3.43. The maximum Gasteiger partial charge on any atom is 0.256 e. The summed E-state index contributed by atoms with van der Waals surface area (Å²) in [5.41, 5.74) is 0.738. The number of hydrogen-bond acceptors (Lipinski definition) is 4. The normalized spacial score (nSPS) is 16.2. The van der Waals surface area contributed by atoms with Gasteiger partial charge in [0.05, 0.1) is 5.56 Å². The maximum absolute atomic E-state index is 12.2. The van der Waals surface area contributed by atoms with E-state index in [0.29, 0.717) is 0 Å². The lowest BCUT2D eigenvalue weighted by atomic mass is 10.2. The maximum atomic E-state index is 12.2.